The number of hydrogen-bond acceptors (Lipinski definition) is 6. The average Bonchev–Trinajstić information content (AvgIpc) is 2.78. The Labute approximate surface area is 216 Å². The van der Waals surface area contributed by atoms with Crippen LogP contribution in [-0.2, 0) is 26.2 Å². The number of aryl methyl sites for hydroxylation is 1. The van der Waals surface area contributed by atoms with Crippen LogP contribution in [0.4, 0.5) is 11.4 Å². The van der Waals surface area contributed by atoms with Crippen LogP contribution in [0.3, 0.4) is 0 Å². The zero-order valence-electron chi connectivity index (χ0n) is 20.9. The number of sulfonamides is 1. The Morgan fingerprint density at radius 2 is 1.81 bits per heavy atom. The predicted molar refractivity (Wildman–Crippen MR) is 139 cm³/mol. The number of nitro benzene ring substituents is 1. The van der Waals surface area contributed by atoms with Crippen molar-refractivity contribution >= 4 is 44.8 Å². The molecule has 2 amide bonds. The Morgan fingerprint density at radius 1 is 1.14 bits per heavy atom. The number of carbonyl (C=O) groups is 2. The summed E-state index contributed by atoms with van der Waals surface area (Å²) in [5.41, 5.74) is 0.785. The summed E-state index contributed by atoms with van der Waals surface area (Å²) in [6.45, 7) is 6.78. The van der Waals surface area contributed by atoms with Crippen LogP contribution in [-0.4, -0.2) is 55.4 Å². The van der Waals surface area contributed by atoms with Gasteiger partial charge in [0.15, 0.2) is 0 Å². The van der Waals surface area contributed by atoms with Crippen LogP contribution >= 0.6 is 11.6 Å². The molecule has 0 aromatic heterocycles. The van der Waals surface area contributed by atoms with Crippen LogP contribution in [0.25, 0.3) is 0 Å². The van der Waals surface area contributed by atoms with E-state index in [0.717, 1.165) is 16.6 Å². The van der Waals surface area contributed by atoms with E-state index in [1.165, 1.54) is 17.0 Å². The highest BCUT2D eigenvalue weighted by atomic mass is 35.5. The van der Waals surface area contributed by atoms with E-state index in [-0.39, 0.29) is 23.8 Å². The third-order valence-electron chi connectivity index (χ3n) is 5.45. The van der Waals surface area contributed by atoms with Crippen molar-refractivity contribution in [3.63, 3.8) is 0 Å². The summed E-state index contributed by atoms with van der Waals surface area (Å²) in [5.74, 6) is -0.856. The molecule has 0 saturated heterocycles. The zero-order chi connectivity index (χ0) is 27.2. The summed E-state index contributed by atoms with van der Waals surface area (Å²) in [7, 11) is -4.02. The van der Waals surface area contributed by atoms with Gasteiger partial charge in [-0.1, -0.05) is 43.6 Å². The van der Waals surface area contributed by atoms with Crippen molar-refractivity contribution in [1.29, 1.82) is 0 Å². The summed E-state index contributed by atoms with van der Waals surface area (Å²) in [6.07, 6.45) is 0.915. The number of carbonyl (C=O) groups excluding carboxylic acids is 2. The molecule has 2 aromatic rings. The molecule has 0 spiro atoms. The van der Waals surface area contributed by atoms with E-state index in [4.69, 9.17) is 11.6 Å². The number of halogens is 1. The summed E-state index contributed by atoms with van der Waals surface area (Å²) in [6, 6.07) is 9.64. The van der Waals surface area contributed by atoms with E-state index in [0.29, 0.717) is 22.7 Å². The van der Waals surface area contributed by atoms with Gasteiger partial charge in [-0.25, -0.2) is 8.42 Å². The van der Waals surface area contributed by atoms with Gasteiger partial charge < -0.3 is 10.2 Å². The van der Waals surface area contributed by atoms with Gasteiger partial charge in [-0.05, 0) is 43.0 Å². The second-order valence-electron chi connectivity index (χ2n) is 8.96. The van der Waals surface area contributed by atoms with Crippen LogP contribution in [0, 0.1) is 23.0 Å². The Kier molecular flexibility index (Phi) is 9.83. The van der Waals surface area contributed by atoms with Gasteiger partial charge in [-0.2, -0.15) is 0 Å². The van der Waals surface area contributed by atoms with Crippen LogP contribution in [0.1, 0.15) is 31.9 Å². The highest BCUT2D eigenvalue weighted by molar-refractivity contribution is 7.92. The van der Waals surface area contributed by atoms with Crippen LogP contribution < -0.4 is 9.62 Å². The number of nitrogens with one attached hydrogen (secondary N) is 1. The molecule has 10 nitrogen and oxygen atoms in total. The number of non-ortho nitro benzene ring substituents is 1. The first kappa shape index (κ1) is 29.1. The maximum Gasteiger partial charge on any atom is 0.271 e. The second-order valence-corrected chi connectivity index (χ2v) is 11.3. The van der Waals surface area contributed by atoms with Crippen molar-refractivity contribution in [3.8, 4) is 0 Å². The fourth-order valence-corrected chi connectivity index (χ4v) is 4.55. The van der Waals surface area contributed by atoms with Gasteiger partial charge in [-0.15, -0.1) is 0 Å². The molecule has 0 saturated carbocycles. The molecule has 0 aliphatic heterocycles. The SMILES string of the molecule is Cc1ccc([N+](=O)[O-])cc1N(CC(=O)N(Cc1cccc(Cl)c1)C(C)C(=O)NCC(C)C)S(C)(=O)=O. The lowest BCUT2D eigenvalue weighted by Crippen LogP contribution is -2.51. The fourth-order valence-electron chi connectivity index (χ4n) is 3.44. The quantitative estimate of drug-likeness (QED) is 0.344. The summed E-state index contributed by atoms with van der Waals surface area (Å²) >= 11 is 6.09. The molecule has 0 aliphatic carbocycles. The van der Waals surface area contributed by atoms with Crippen LogP contribution in [0.2, 0.25) is 5.02 Å². The summed E-state index contributed by atoms with van der Waals surface area (Å²) < 4.78 is 26.2. The summed E-state index contributed by atoms with van der Waals surface area (Å²) in [5, 5.41) is 14.5. The Balaban J connectivity index is 2.46. The highest BCUT2D eigenvalue weighted by Crippen LogP contribution is 2.28. The minimum Gasteiger partial charge on any atom is -0.354 e. The largest absolute Gasteiger partial charge is 0.354 e. The number of nitrogens with zero attached hydrogens (tertiary/aromatic N) is 3. The smallest absolute Gasteiger partial charge is 0.271 e. The van der Waals surface area contributed by atoms with E-state index in [9.17, 15) is 28.1 Å². The topological polar surface area (TPSA) is 130 Å². The normalized spacial score (nSPS) is 12.2. The molecular formula is C24H31ClN4O6S. The van der Waals surface area contributed by atoms with Crippen molar-refractivity contribution in [1.82, 2.24) is 10.2 Å². The van der Waals surface area contributed by atoms with Gasteiger partial charge in [0, 0.05) is 30.2 Å². The number of amides is 2. The maximum atomic E-state index is 13.6. The standard InChI is InChI=1S/C24H31ClN4O6S/c1-16(2)13-26-24(31)18(4)27(14-19-7-6-8-20(25)11-19)23(30)15-28(36(5,34)35)22-12-21(29(32)33)10-9-17(22)3/h6-12,16,18H,13-15H2,1-5H3,(H,26,31). The molecule has 0 fully saturated rings. The minimum atomic E-state index is -4.02. The third-order valence-corrected chi connectivity index (χ3v) is 6.81. The highest BCUT2D eigenvalue weighted by Gasteiger charge is 2.31. The van der Waals surface area contributed by atoms with Crippen molar-refractivity contribution in [3.05, 3.63) is 68.7 Å². The summed E-state index contributed by atoms with van der Waals surface area (Å²) in [4.78, 5) is 38.3. The third kappa shape index (κ3) is 7.92. The van der Waals surface area contributed by atoms with Gasteiger partial charge in [0.1, 0.15) is 12.6 Å². The minimum absolute atomic E-state index is 0.00117. The lowest BCUT2D eigenvalue weighted by molar-refractivity contribution is -0.384. The molecule has 0 bridgehead atoms. The molecule has 1 atom stereocenters. The van der Waals surface area contributed by atoms with Crippen molar-refractivity contribution in [2.75, 3.05) is 23.7 Å². The maximum absolute atomic E-state index is 13.6. The molecule has 36 heavy (non-hydrogen) atoms. The Bertz CT molecular complexity index is 1230. The first-order valence-corrected chi connectivity index (χ1v) is 13.5. The molecule has 1 N–H and O–H groups in total. The van der Waals surface area contributed by atoms with Gasteiger partial charge >= 0.3 is 0 Å². The number of rotatable bonds is 11. The molecule has 1 unspecified atom stereocenters. The fraction of sp³-hybridized carbons (Fsp3) is 0.417. The monoisotopic (exact) mass is 538 g/mol. The molecule has 12 heteroatoms. The molecule has 0 aliphatic rings. The van der Waals surface area contributed by atoms with Crippen molar-refractivity contribution in [2.24, 2.45) is 5.92 Å². The number of hydrogen-bond donors (Lipinski definition) is 1. The van der Waals surface area contributed by atoms with Gasteiger partial charge in [0.2, 0.25) is 21.8 Å². The number of anilines is 1. The molecule has 0 radical (unpaired) electrons. The Morgan fingerprint density at radius 3 is 2.36 bits per heavy atom. The molecule has 196 valence electrons. The van der Waals surface area contributed by atoms with E-state index in [1.54, 1.807) is 38.1 Å². The lowest BCUT2D eigenvalue weighted by Gasteiger charge is -2.32. The first-order chi connectivity index (χ1) is 16.7. The predicted octanol–water partition coefficient (Wildman–Crippen LogP) is 3.51. The van der Waals surface area contributed by atoms with Crippen LogP contribution in [0.5, 0.6) is 0 Å². The van der Waals surface area contributed by atoms with Gasteiger partial charge in [0.05, 0.1) is 16.9 Å². The second kappa shape index (κ2) is 12.2. The van der Waals surface area contributed by atoms with Crippen molar-refractivity contribution < 1.29 is 22.9 Å². The van der Waals surface area contributed by atoms with E-state index in [1.807, 2.05) is 13.8 Å². The zero-order valence-corrected chi connectivity index (χ0v) is 22.5. The first-order valence-electron chi connectivity index (χ1n) is 11.2. The molecular weight excluding hydrogens is 508 g/mol. The lowest BCUT2D eigenvalue weighted by atomic mass is 10.1. The van der Waals surface area contributed by atoms with Gasteiger partial charge in [-0.3, -0.25) is 24.0 Å². The van der Waals surface area contributed by atoms with Crippen molar-refractivity contribution in [2.45, 2.75) is 40.3 Å². The number of nitro groups is 1. The van der Waals surface area contributed by atoms with Gasteiger partial charge in [0.25, 0.3) is 5.69 Å². The molecule has 2 aromatic carbocycles. The van der Waals surface area contributed by atoms with E-state index >= 15 is 0 Å². The van der Waals surface area contributed by atoms with E-state index < -0.39 is 39.3 Å². The van der Waals surface area contributed by atoms with E-state index in [2.05, 4.69) is 5.32 Å². The molecule has 2 rings (SSSR count). The van der Waals surface area contributed by atoms with Crippen LogP contribution in [0.15, 0.2) is 42.5 Å². The average molecular weight is 539 g/mol. The Hall–Kier alpha value is -3.18. The molecule has 0 heterocycles. The number of benzene rings is 2.